The molecule has 0 N–H and O–H groups in total. The summed E-state index contributed by atoms with van der Waals surface area (Å²) in [6.07, 6.45) is 6.68. The zero-order valence-corrected chi connectivity index (χ0v) is 42.2. The van der Waals surface area contributed by atoms with Crippen LogP contribution in [0.2, 0.25) is 0 Å². The molecule has 0 saturated heterocycles. The SMILES string of the molecule is C=CC1=C(/C=C\C)c2c(ccc3ccccc23)C12c1c(ccc3cc(N(c4ccccc4)c4cccc(-c5ccccc5)c4)ccc13)-c1ccc3cc(N(c4ccccc4)c4cccc(-c5ccccc5)c4)ccc3c12. The lowest BCUT2D eigenvalue weighted by Crippen LogP contribution is -2.27. The summed E-state index contributed by atoms with van der Waals surface area (Å²) in [6.45, 7) is 6.86. The average Bonchev–Trinajstić information content (AvgIpc) is 3.82. The number of anilines is 6. The third kappa shape index (κ3) is 7.02. The minimum Gasteiger partial charge on any atom is -0.310 e. The van der Waals surface area contributed by atoms with Crippen molar-refractivity contribution >= 4 is 72.0 Å². The fraction of sp³-hybridized carbons (Fsp3) is 0.0270. The first-order valence-electron chi connectivity index (χ1n) is 26.3. The molecular formula is C74H52N2. The van der Waals surface area contributed by atoms with E-state index in [4.69, 9.17) is 6.58 Å². The van der Waals surface area contributed by atoms with Crippen molar-refractivity contribution in [2.24, 2.45) is 0 Å². The molecule has 0 bridgehead atoms. The van der Waals surface area contributed by atoms with Gasteiger partial charge in [-0.1, -0.05) is 219 Å². The minimum atomic E-state index is -0.699. The van der Waals surface area contributed by atoms with E-state index in [0.717, 1.165) is 34.1 Å². The Labute approximate surface area is 444 Å². The molecule has 2 aliphatic rings. The van der Waals surface area contributed by atoms with Crippen molar-refractivity contribution in [3.63, 3.8) is 0 Å². The molecule has 76 heavy (non-hydrogen) atoms. The highest BCUT2D eigenvalue weighted by Crippen LogP contribution is 2.66. The Kier molecular flexibility index (Phi) is 10.8. The molecule has 1 spiro atoms. The zero-order valence-electron chi connectivity index (χ0n) is 42.2. The van der Waals surface area contributed by atoms with Crippen LogP contribution in [0.3, 0.4) is 0 Å². The van der Waals surface area contributed by atoms with E-state index in [0.29, 0.717) is 0 Å². The summed E-state index contributed by atoms with van der Waals surface area (Å²) in [4.78, 5) is 4.78. The summed E-state index contributed by atoms with van der Waals surface area (Å²) < 4.78 is 0. The standard InChI is InChI=1S/C74H52N2/c1-3-21-68-69(4-2)74(70-45-38-52-26-17-18-35-63(52)71(68)70)72-64-43-39-61(75(57-29-13-7-14-30-57)59-33-19-27-53(46-59)50-22-9-5-10-23-50)48-55(64)36-41-66(72)67-42-37-56-49-62(40-44-65(56)73(67)74)76(58-31-15-8-16-32-58)60-34-20-28-54(47-60)51-24-11-6-12-25-51/h3-49H,2H2,1H3/b21-3-. The second-order valence-corrected chi connectivity index (χ2v) is 20.0. The Morgan fingerprint density at radius 3 is 1.29 bits per heavy atom. The number of fused-ring (bicyclic) bond motifs is 13. The number of hydrogen-bond acceptors (Lipinski definition) is 2. The maximum Gasteiger partial charge on any atom is 0.0737 e. The van der Waals surface area contributed by atoms with Crippen LogP contribution in [0.4, 0.5) is 34.1 Å². The second kappa shape index (κ2) is 18.3. The van der Waals surface area contributed by atoms with Crippen molar-refractivity contribution in [2.45, 2.75) is 12.3 Å². The summed E-state index contributed by atoms with van der Waals surface area (Å²) in [5.74, 6) is 0. The van der Waals surface area contributed by atoms with Gasteiger partial charge in [-0.15, -0.1) is 0 Å². The van der Waals surface area contributed by atoms with E-state index >= 15 is 0 Å². The van der Waals surface area contributed by atoms with Crippen LogP contribution < -0.4 is 9.80 Å². The van der Waals surface area contributed by atoms with Crippen molar-refractivity contribution in [1.82, 2.24) is 0 Å². The molecule has 0 amide bonds. The van der Waals surface area contributed by atoms with Gasteiger partial charge >= 0.3 is 0 Å². The normalized spacial score (nSPS) is 13.1. The Bertz CT molecular complexity index is 4090. The van der Waals surface area contributed by atoms with E-state index < -0.39 is 5.41 Å². The van der Waals surface area contributed by atoms with Gasteiger partial charge in [0.15, 0.2) is 0 Å². The Balaban J connectivity index is 1.01. The van der Waals surface area contributed by atoms with Gasteiger partial charge in [-0.3, -0.25) is 0 Å². The third-order valence-corrected chi connectivity index (χ3v) is 15.8. The van der Waals surface area contributed by atoms with Crippen molar-refractivity contribution < 1.29 is 0 Å². The summed E-state index contributed by atoms with van der Waals surface area (Å²) in [5.41, 5.74) is 20.7. The van der Waals surface area contributed by atoms with E-state index in [2.05, 4.69) is 302 Å². The molecule has 0 heterocycles. The average molecular weight is 969 g/mol. The molecular weight excluding hydrogens is 917 g/mol. The van der Waals surface area contributed by atoms with E-state index in [1.165, 1.54) is 99.1 Å². The highest BCUT2D eigenvalue weighted by molar-refractivity contribution is 6.13. The quantitative estimate of drug-likeness (QED) is 0.135. The second-order valence-electron chi connectivity index (χ2n) is 20.0. The van der Waals surface area contributed by atoms with Gasteiger partial charge in [0, 0.05) is 34.1 Å². The van der Waals surface area contributed by atoms with E-state index in [1.54, 1.807) is 0 Å². The monoisotopic (exact) mass is 968 g/mol. The smallest absolute Gasteiger partial charge is 0.0737 e. The van der Waals surface area contributed by atoms with Gasteiger partial charge in [0.25, 0.3) is 0 Å². The molecule has 14 rings (SSSR count). The van der Waals surface area contributed by atoms with Crippen molar-refractivity contribution in [3.8, 4) is 33.4 Å². The zero-order chi connectivity index (χ0) is 50.7. The first kappa shape index (κ1) is 44.9. The van der Waals surface area contributed by atoms with Crippen molar-refractivity contribution in [3.05, 3.63) is 320 Å². The van der Waals surface area contributed by atoms with E-state index in [-0.39, 0.29) is 0 Å². The lowest BCUT2D eigenvalue weighted by molar-refractivity contribution is 0.803. The minimum absolute atomic E-state index is 0.699. The highest BCUT2D eigenvalue weighted by Gasteiger charge is 2.54. The summed E-state index contributed by atoms with van der Waals surface area (Å²) in [7, 11) is 0. The van der Waals surface area contributed by atoms with Crippen LogP contribution >= 0.6 is 0 Å². The van der Waals surface area contributed by atoms with E-state index in [9.17, 15) is 0 Å². The van der Waals surface area contributed by atoms with Gasteiger partial charge in [0.2, 0.25) is 0 Å². The molecule has 0 radical (unpaired) electrons. The van der Waals surface area contributed by atoms with Crippen LogP contribution in [0.15, 0.2) is 297 Å². The fourth-order valence-electron chi connectivity index (χ4n) is 12.8. The molecule has 12 aromatic rings. The molecule has 2 aliphatic carbocycles. The third-order valence-electron chi connectivity index (χ3n) is 15.8. The largest absolute Gasteiger partial charge is 0.310 e. The lowest BCUT2D eigenvalue weighted by atomic mass is 9.67. The lowest BCUT2D eigenvalue weighted by Gasteiger charge is -2.34. The van der Waals surface area contributed by atoms with Gasteiger partial charge in [0.05, 0.1) is 5.41 Å². The van der Waals surface area contributed by atoms with Crippen molar-refractivity contribution in [1.29, 1.82) is 0 Å². The summed E-state index contributed by atoms with van der Waals surface area (Å²) in [6, 6.07) is 98.0. The first-order chi connectivity index (χ1) is 37.6. The van der Waals surface area contributed by atoms with Crippen LogP contribution in [0.25, 0.3) is 71.3 Å². The van der Waals surface area contributed by atoms with Crippen molar-refractivity contribution in [2.75, 3.05) is 9.80 Å². The number of nitrogens with zero attached hydrogens (tertiary/aromatic N) is 2. The summed E-state index contributed by atoms with van der Waals surface area (Å²) >= 11 is 0. The molecule has 0 fully saturated rings. The molecule has 0 aromatic heterocycles. The molecule has 2 heteroatoms. The molecule has 358 valence electrons. The number of hydrogen-bond donors (Lipinski definition) is 0. The van der Waals surface area contributed by atoms with Crippen LogP contribution in [-0.4, -0.2) is 0 Å². The molecule has 2 nitrogen and oxygen atoms in total. The van der Waals surface area contributed by atoms with Crippen LogP contribution in [0.1, 0.15) is 29.2 Å². The Hall–Kier alpha value is -9.76. The predicted octanol–water partition coefficient (Wildman–Crippen LogP) is 20.3. The highest BCUT2D eigenvalue weighted by atomic mass is 15.1. The number of rotatable bonds is 10. The van der Waals surface area contributed by atoms with Gasteiger partial charge in [-0.25, -0.2) is 0 Å². The molecule has 0 atom stereocenters. The topological polar surface area (TPSA) is 6.48 Å². The van der Waals surface area contributed by atoms with E-state index in [1.807, 2.05) is 0 Å². The van der Waals surface area contributed by atoms with Crippen LogP contribution in [-0.2, 0) is 5.41 Å². The fourth-order valence-corrected chi connectivity index (χ4v) is 12.8. The Morgan fingerprint density at radius 2 is 0.789 bits per heavy atom. The maximum absolute atomic E-state index is 4.72. The summed E-state index contributed by atoms with van der Waals surface area (Å²) in [5, 5.41) is 7.27. The molecule has 0 saturated carbocycles. The number of para-hydroxylation sites is 2. The van der Waals surface area contributed by atoms with Gasteiger partial charge < -0.3 is 9.80 Å². The van der Waals surface area contributed by atoms with Crippen LogP contribution in [0, 0.1) is 0 Å². The molecule has 12 aromatic carbocycles. The van der Waals surface area contributed by atoms with Crippen LogP contribution in [0.5, 0.6) is 0 Å². The number of allylic oxidation sites excluding steroid dienone is 5. The van der Waals surface area contributed by atoms with Gasteiger partial charge in [0.1, 0.15) is 0 Å². The maximum atomic E-state index is 4.72. The Morgan fingerprint density at radius 1 is 0.355 bits per heavy atom. The number of benzene rings is 12. The van der Waals surface area contributed by atoms with Gasteiger partial charge in [-0.2, -0.15) is 0 Å². The predicted molar refractivity (Wildman–Crippen MR) is 323 cm³/mol. The first-order valence-corrected chi connectivity index (χ1v) is 26.3. The molecule has 0 unspecified atom stereocenters. The van der Waals surface area contributed by atoms with Gasteiger partial charge in [-0.05, 0) is 179 Å². The molecule has 0 aliphatic heterocycles.